The summed E-state index contributed by atoms with van der Waals surface area (Å²) in [4.78, 5) is 30.4. The average molecular weight is 391 g/mol. The normalized spacial score (nSPS) is 19.0. The van der Waals surface area contributed by atoms with Gasteiger partial charge in [0.2, 0.25) is 0 Å². The van der Waals surface area contributed by atoms with Crippen molar-refractivity contribution >= 4 is 17.5 Å². The molecule has 4 rings (SSSR count). The molecule has 1 aromatic heterocycles. The lowest BCUT2D eigenvalue weighted by Gasteiger charge is -2.34. The van der Waals surface area contributed by atoms with Crippen molar-refractivity contribution in [1.29, 1.82) is 0 Å². The van der Waals surface area contributed by atoms with Crippen LogP contribution in [0.5, 0.6) is 0 Å². The van der Waals surface area contributed by atoms with Gasteiger partial charge in [-0.25, -0.2) is 9.37 Å². The Balaban J connectivity index is 1.79. The van der Waals surface area contributed by atoms with Crippen LogP contribution in [0.1, 0.15) is 43.2 Å². The molecule has 1 aliphatic carbocycles. The van der Waals surface area contributed by atoms with Crippen molar-refractivity contribution in [2.24, 2.45) is 0 Å². The number of hydrogen-bond acceptors (Lipinski definition) is 4. The molecule has 0 unspecified atom stereocenters. The highest BCUT2D eigenvalue weighted by atomic mass is 19.1. The molecule has 2 N–H and O–H groups in total. The molecule has 6 heteroatoms. The number of ketones is 1. The van der Waals surface area contributed by atoms with Gasteiger partial charge in [-0.3, -0.25) is 9.59 Å². The van der Waals surface area contributed by atoms with Crippen LogP contribution >= 0.6 is 0 Å². The quantitative estimate of drug-likeness (QED) is 0.825. The molecule has 0 radical (unpaired) electrons. The summed E-state index contributed by atoms with van der Waals surface area (Å²) in [5.41, 5.74) is 4.18. The van der Waals surface area contributed by atoms with Crippen molar-refractivity contribution in [3.63, 3.8) is 0 Å². The van der Waals surface area contributed by atoms with E-state index in [1.165, 1.54) is 12.1 Å². The number of rotatable bonds is 3. The van der Waals surface area contributed by atoms with Gasteiger partial charge in [0.05, 0.1) is 0 Å². The van der Waals surface area contributed by atoms with Crippen molar-refractivity contribution in [3.8, 4) is 0 Å². The zero-order valence-corrected chi connectivity index (χ0v) is 16.4. The SMILES string of the molecule is CC1=C(C(=O)Nc2ncccc2C)[C@@H](c2ccc(F)cc2)C2=C(CCCC2=O)N1. The maximum Gasteiger partial charge on any atom is 0.255 e. The number of carbonyl (C=O) groups is 2. The van der Waals surface area contributed by atoms with Crippen LogP contribution in [0.4, 0.5) is 10.2 Å². The van der Waals surface area contributed by atoms with Crippen molar-refractivity contribution in [3.05, 3.63) is 82.1 Å². The predicted octanol–water partition coefficient (Wildman–Crippen LogP) is 4.14. The van der Waals surface area contributed by atoms with E-state index >= 15 is 0 Å². The van der Waals surface area contributed by atoms with Gasteiger partial charge in [0.1, 0.15) is 11.6 Å². The van der Waals surface area contributed by atoms with Crippen molar-refractivity contribution in [2.45, 2.75) is 39.0 Å². The fourth-order valence-electron chi connectivity index (χ4n) is 4.06. The van der Waals surface area contributed by atoms with Gasteiger partial charge >= 0.3 is 0 Å². The third-order valence-electron chi connectivity index (χ3n) is 5.47. The van der Waals surface area contributed by atoms with E-state index in [0.717, 1.165) is 29.7 Å². The maximum absolute atomic E-state index is 13.5. The molecule has 5 nitrogen and oxygen atoms in total. The molecule has 2 aliphatic rings. The Kier molecular flexibility index (Phi) is 5.01. The first-order chi connectivity index (χ1) is 14.0. The van der Waals surface area contributed by atoms with Crippen LogP contribution in [0.3, 0.4) is 0 Å². The summed E-state index contributed by atoms with van der Waals surface area (Å²) in [6.07, 6.45) is 3.60. The molecule has 29 heavy (non-hydrogen) atoms. The molecule has 0 saturated carbocycles. The molecule has 1 aliphatic heterocycles. The number of nitrogens with zero attached hydrogens (tertiary/aromatic N) is 1. The van der Waals surface area contributed by atoms with Crippen molar-refractivity contribution in [2.75, 3.05) is 5.32 Å². The second-order valence-corrected chi connectivity index (χ2v) is 7.44. The molecule has 1 atom stereocenters. The van der Waals surface area contributed by atoms with Gasteiger partial charge in [-0.2, -0.15) is 0 Å². The van der Waals surface area contributed by atoms with E-state index in [0.29, 0.717) is 29.1 Å². The maximum atomic E-state index is 13.5. The van der Waals surface area contributed by atoms with Crippen LogP contribution in [-0.4, -0.2) is 16.7 Å². The molecule has 1 aromatic carbocycles. The summed E-state index contributed by atoms with van der Waals surface area (Å²) >= 11 is 0. The van der Waals surface area contributed by atoms with E-state index in [1.807, 2.05) is 19.9 Å². The second-order valence-electron chi connectivity index (χ2n) is 7.44. The second kappa shape index (κ2) is 7.62. The van der Waals surface area contributed by atoms with Gasteiger partial charge in [-0.15, -0.1) is 0 Å². The molecular formula is C23H22FN3O2. The Morgan fingerprint density at radius 3 is 2.66 bits per heavy atom. The van der Waals surface area contributed by atoms with Gasteiger partial charge in [0, 0.05) is 41.1 Å². The zero-order valence-electron chi connectivity index (χ0n) is 16.4. The van der Waals surface area contributed by atoms with Crippen molar-refractivity contribution in [1.82, 2.24) is 10.3 Å². The minimum absolute atomic E-state index is 0.0277. The Hall–Kier alpha value is -3.28. The number of aromatic nitrogens is 1. The number of amides is 1. The number of Topliss-reactive ketones (excluding diaryl/α,β-unsaturated/α-hetero) is 1. The molecule has 148 valence electrons. The van der Waals surface area contributed by atoms with Crippen molar-refractivity contribution < 1.29 is 14.0 Å². The standard InChI is InChI=1S/C23H22FN3O2/c1-13-5-4-12-25-22(13)27-23(29)19-14(2)26-17-6-3-7-18(28)21(17)20(19)15-8-10-16(24)11-9-15/h4-5,8-12,20,26H,3,6-7H2,1-2H3,(H,25,27,29)/t20-/m1/s1. The number of carbonyl (C=O) groups excluding carboxylic acids is 2. The van der Waals surface area contributed by atoms with E-state index in [-0.39, 0.29) is 17.5 Å². The highest BCUT2D eigenvalue weighted by Gasteiger charge is 2.38. The third-order valence-corrected chi connectivity index (χ3v) is 5.47. The molecule has 0 spiro atoms. The molecule has 1 amide bonds. The van der Waals surface area contributed by atoms with E-state index < -0.39 is 5.92 Å². The Morgan fingerprint density at radius 1 is 1.17 bits per heavy atom. The number of allylic oxidation sites excluding steroid dienone is 3. The first kappa shape index (κ1) is 19.1. The van der Waals surface area contributed by atoms with E-state index in [1.54, 1.807) is 24.4 Å². The van der Waals surface area contributed by atoms with Crippen LogP contribution in [0, 0.1) is 12.7 Å². The first-order valence-electron chi connectivity index (χ1n) is 9.68. The lowest BCUT2D eigenvalue weighted by atomic mass is 9.75. The fraction of sp³-hybridized carbons (Fsp3) is 0.261. The summed E-state index contributed by atoms with van der Waals surface area (Å²) in [6.45, 7) is 3.70. The molecule has 2 aromatic rings. The highest BCUT2D eigenvalue weighted by molar-refractivity contribution is 6.09. The van der Waals surface area contributed by atoms with Gasteiger partial charge < -0.3 is 10.6 Å². The molecule has 0 fully saturated rings. The predicted molar refractivity (Wildman–Crippen MR) is 108 cm³/mol. The number of benzene rings is 1. The number of aryl methyl sites for hydroxylation is 1. The van der Waals surface area contributed by atoms with Crippen LogP contribution in [0.25, 0.3) is 0 Å². The first-order valence-corrected chi connectivity index (χ1v) is 9.68. The summed E-state index contributed by atoms with van der Waals surface area (Å²) in [6, 6.07) is 9.68. The van der Waals surface area contributed by atoms with Crippen LogP contribution < -0.4 is 10.6 Å². The summed E-state index contributed by atoms with van der Waals surface area (Å²) in [5.74, 6) is -0.715. The topological polar surface area (TPSA) is 71.1 Å². The summed E-state index contributed by atoms with van der Waals surface area (Å²) < 4.78 is 13.5. The number of dihydropyridines is 1. The van der Waals surface area contributed by atoms with Crippen LogP contribution in [0.2, 0.25) is 0 Å². The monoisotopic (exact) mass is 391 g/mol. The van der Waals surface area contributed by atoms with Gasteiger partial charge in [0.25, 0.3) is 5.91 Å². The lowest BCUT2D eigenvalue weighted by molar-refractivity contribution is -0.116. The number of hydrogen-bond donors (Lipinski definition) is 2. The van der Waals surface area contributed by atoms with Crippen LogP contribution in [-0.2, 0) is 9.59 Å². The van der Waals surface area contributed by atoms with E-state index in [9.17, 15) is 14.0 Å². The fourth-order valence-corrected chi connectivity index (χ4v) is 4.06. The van der Waals surface area contributed by atoms with E-state index in [4.69, 9.17) is 0 Å². The van der Waals surface area contributed by atoms with Gasteiger partial charge in [-0.05, 0) is 56.0 Å². The smallest absolute Gasteiger partial charge is 0.255 e. The highest BCUT2D eigenvalue weighted by Crippen LogP contribution is 2.42. The van der Waals surface area contributed by atoms with Gasteiger partial charge in [0.15, 0.2) is 5.78 Å². The largest absolute Gasteiger partial charge is 0.362 e. The Morgan fingerprint density at radius 2 is 1.93 bits per heavy atom. The number of pyridine rings is 1. The lowest BCUT2D eigenvalue weighted by Crippen LogP contribution is -2.35. The minimum Gasteiger partial charge on any atom is -0.362 e. The molecule has 0 saturated heterocycles. The van der Waals surface area contributed by atoms with E-state index in [2.05, 4.69) is 15.6 Å². The number of anilines is 1. The third kappa shape index (κ3) is 3.58. The summed E-state index contributed by atoms with van der Waals surface area (Å²) in [5, 5.41) is 6.15. The average Bonchev–Trinajstić information content (AvgIpc) is 2.69. The molecule has 0 bridgehead atoms. The Labute approximate surface area is 168 Å². The number of nitrogens with one attached hydrogen (secondary N) is 2. The summed E-state index contributed by atoms with van der Waals surface area (Å²) in [7, 11) is 0. The Bertz CT molecular complexity index is 1050. The molecular weight excluding hydrogens is 369 g/mol. The molecule has 2 heterocycles. The minimum atomic E-state index is -0.538. The number of halogens is 1. The van der Waals surface area contributed by atoms with Crippen LogP contribution in [0.15, 0.2) is 65.1 Å². The van der Waals surface area contributed by atoms with Gasteiger partial charge in [-0.1, -0.05) is 18.2 Å². The zero-order chi connectivity index (χ0) is 20.5.